The van der Waals surface area contributed by atoms with Crippen molar-refractivity contribution in [3.63, 3.8) is 0 Å². The number of rotatable bonds is 14. The Bertz CT molecular complexity index is 910. The molecule has 0 aliphatic rings. The lowest BCUT2D eigenvalue weighted by Crippen LogP contribution is -2.29. The van der Waals surface area contributed by atoms with E-state index in [4.69, 9.17) is 0 Å². The SMILES string of the molecule is CCCCN(CCCC)CCCNCc1cn(Cc2ccccc2F)c2ccccc12. The lowest BCUT2D eigenvalue weighted by molar-refractivity contribution is 0.261. The maximum atomic E-state index is 14.2. The van der Waals surface area contributed by atoms with E-state index in [0.717, 1.165) is 24.2 Å². The Balaban J connectivity index is 1.56. The molecule has 168 valence electrons. The minimum Gasteiger partial charge on any atom is -0.343 e. The summed E-state index contributed by atoms with van der Waals surface area (Å²) < 4.78 is 16.3. The van der Waals surface area contributed by atoms with E-state index in [-0.39, 0.29) is 5.82 Å². The lowest BCUT2D eigenvalue weighted by Gasteiger charge is -2.21. The van der Waals surface area contributed by atoms with E-state index >= 15 is 0 Å². The molecule has 2 aromatic carbocycles. The highest BCUT2D eigenvalue weighted by Gasteiger charge is 2.10. The third-order valence-corrected chi connectivity index (χ3v) is 5.97. The summed E-state index contributed by atoms with van der Waals surface area (Å²) in [4.78, 5) is 2.62. The number of unbranched alkanes of at least 4 members (excludes halogenated alkanes) is 2. The zero-order valence-corrected chi connectivity index (χ0v) is 19.2. The molecule has 0 aliphatic carbocycles. The summed E-state index contributed by atoms with van der Waals surface area (Å²) in [5.41, 5.74) is 3.16. The van der Waals surface area contributed by atoms with Crippen molar-refractivity contribution in [1.82, 2.24) is 14.8 Å². The van der Waals surface area contributed by atoms with Crippen molar-refractivity contribution >= 4 is 10.9 Å². The molecule has 1 aromatic heterocycles. The normalized spacial score (nSPS) is 11.6. The van der Waals surface area contributed by atoms with Crippen molar-refractivity contribution in [2.75, 3.05) is 26.2 Å². The van der Waals surface area contributed by atoms with E-state index in [1.807, 2.05) is 12.1 Å². The van der Waals surface area contributed by atoms with Gasteiger partial charge in [0.25, 0.3) is 0 Å². The summed E-state index contributed by atoms with van der Waals surface area (Å²) in [6, 6.07) is 15.5. The van der Waals surface area contributed by atoms with Crippen molar-refractivity contribution in [2.45, 2.75) is 59.0 Å². The van der Waals surface area contributed by atoms with Gasteiger partial charge in [0.05, 0.1) is 6.54 Å². The monoisotopic (exact) mass is 423 g/mol. The van der Waals surface area contributed by atoms with Crippen LogP contribution in [0.2, 0.25) is 0 Å². The molecular weight excluding hydrogens is 385 g/mol. The Morgan fingerprint density at radius 1 is 0.839 bits per heavy atom. The van der Waals surface area contributed by atoms with Crippen LogP contribution in [0.1, 0.15) is 57.1 Å². The summed E-state index contributed by atoms with van der Waals surface area (Å²) in [6.45, 7) is 10.6. The topological polar surface area (TPSA) is 20.2 Å². The molecule has 1 N–H and O–H groups in total. The summed E-state index contributed by atoms with van der Waals surface area (Å²) in [7, 11) is 0. The van der Waals surface area contributed by atoms with Crippen LogP contribution in [0.4, 0.5) is 4.39 Å². The molecule has 3 aromatic rings. The minimum absolute atomic E-state index is 0.143. The van der Waals surface area contributed by atoms with Crippen molar-refractivity contribution in [3.8, 4) is 0 Å². The lowest BCUT2D eigenvalue weighted by atomic mass is 10.2. The number of fused-ring (bicyclic) bond motifs is 1. The molecule has 4 heteroatoms. The maximum absolute atomic E-state index is 14.2. The fourth-order valence-electron chi connectivity index (χ4n) is 4.15. The predicted molar refractivity (Wildman–Crippen MR) is 130 cm³/mol. The molecule has 0 aliphatic heterocycles. The number of halogens is 1. The van der Waals surface area contributed by atoms with Gasteiger partial charge in [0.1, 0.15) is 5.82 Å². The Morgan fingerprint density at radius 3 is 2.26 bits per heavy atom. The molecule has 0 fully saturated rings. The van der Waals surface area contributed by atoms with E-state index in [2.05, 4.69) is 59.1 Å². The highest BCUT2D eigenvalue weighted by atomic mass is 19.1. The molecule has 3 rings (SSSR count). The molecule has 0 atom stereocenters. The Morgan fingerprint density at radius 2 is 1.52 bits per heavy atom. The zero-order chi connectivity index (χ0) is 21.9. The molecule has 1 heterocycles. The van der Waals surface area contributed by atoms with Gasteiger partial charge in [0.15, 0.2) is 0 Å². The molecule has 0 saturated carbocycles. The standard InChI is InChI=1S/C27H38FN3/c1-3-5-17-30(18-6-4-2)19-11-16-29-20-24-22-31(27-15-10-8-13-25(24)27)21-23-12-7-9-14-26(23)28/h7-10,12-15,22,29H,3-6,11,16-21H2,1-2H3. The Hall–Kier alpha value is -2.17. The molecule has 0 saturated heterocycles. The average Bonchev–Trinajstić information content (AvgIpc) is 3.14. The number of para-hydroxylation sites is 1. The van der Waals surface area contributed by atoms with Gasteiger partial charge < -0.3 is 14.8 Å². The number of nitrogens with one attached hydrogen (secondary N) is 1. The minimum atomic E-state index is -0.143. The van der Waals surface area contributed by atoms with Gasteiger partial charge in [-0.2, -0.15) is 0 Å². The molecular formula is C27H38FN3. The third-order valence-electron chi connectivity index (χ3n) is 5.97. The van der Waals surface area contributed by atoms with E-state index in [0.29, 0.717) is 6.54 Å². The Kier molecular flexibility index (Phi) is 9.57. The summed E-state index contributed by atoms with van der Waals surface area (Å²) >= 11 is 0. The maximum Gasteiger partial charge on any atom is 0.128 e. The smallest absolute Gasteiger partial charge is 0.128 e. The number of hydrogen-bond donors (Lipinski definition) is 1. The Labute approximate surface area is 187 Å². The van der Waals surface area contributed by atoms with Crippen LogP contribution >= 0.6 is 0 Å². The van der Waals surface area contributed by atoms with Crippen LogP contribution in [-0.2, 0) is 13.1 Å². The number of benzene rings is 2. The third kappa shape index (κ3) is 6.91. The zero-order valence-electron chi connectivity index (χ0n) is 19.2. The van der Waals surface area contributed by atoms with Crippen LogP contribution in [0.15, 0.2) is 54.7 Å². The van der Waals surface area contributed by atoms with E-state index in [9.17, 15) is 4.39 Å². The number of hydrogen-bond acceptors (Lipinski definition) is 2. The van der Waals surface area contributed by atoms with Gasteiger partial charge in [-0.1, -0.05) is 63.1 Å². The molecule has 0 amide bonds. The van der Waals surface area contributed by atoms with Gasteiger partial charge in [-0.05, 0) is 63.1 Å². The van der Waals surface area contributed by atoms with Crippen LogP contribution in [0.3, 0.4) is 0 Å². The van der Waals surface area contributed by atoms with Gasteiger partial charge in [-0.3, -0.25) is 0 Å². The molecule has 31 heavy (non-hydrogen) atoms. The molecule has 0 spiro atoms. The van der Waals surface area contributed by atoms with Gasteiger partial charge >= 0.3 is 0 Å². The quantitative estimate of drug-likeness (QED) is 0.311. The second-order valence-corrected chi connectivity index (χ2v) is 8.47. The van der Waals surface area contributed by atoms with Crippen molar-refractivity contribution < 1.29 is 4.39 Å². The fraction of sp³-hybridized carbons (Fsp3) is 0.481. The van der Waals surface area contributed by atoms with Crippen LogP contribution in [0.25, 0.3) is 10.9 Å². The van der Waals surface area contributed by atoms with E-state index < -0.39 is 0 Å². The largest absolute Gasteiger partial charge is 0.343 e. The highest BCUT2D eigenvalue weighted by molar-refractivity contribution is 5.84. The second kappa shape index (κ2) is 12.6. The second-order valence-electron chi connectivity index (χ2n) is 8.47. The van der Waals surface area contributed by atoms with Crippen LogP contribution in [-0.4, -0.2) is 35.6 Å². The first kappa shape index (κ1) is 23.5. The fourth-order valence-corrected chi connectivity index (χ4v) is 4.15. The van der Waals surface area contributed by atoms with Crippen molar-refractivity contribution in [1.29, 1.82) is 0 Å². The first-order valence-corrected chi connectivity index (χ1v) is 12.0. The first-order valence-electron chi connectivity index (χ1n) is 12.0. The van der Waals surface area contributed by atoms with Gasteiger partial charge in [-0.15, -0.1) is 0 Å². The predicted octanol–water partition coefficient (Wildman–Crippen LogP) is 6.21. The summed E-state index contributed by atoms with van der Waals surface area (Å²) in [5.74, 6) is -0.143. The molecule has 0 radical (unpaired) electrons. The van der Waals surface area contributed by atoms with Crippen molar-refractivity contribution in [2.24, 2.45) is 0 Å². The first-order chi connectivity index (χ1) is 15.2. The number of aromatic nitrogens is 1. The molecule has 3 nitrogen and oxygen atoms in total. The molecule has 0 bridgehead atoms. The average molecular weight is 424 g/mol. The van der Waals surface area contributed by atoms with Gasteiger partial charge in [0, 0.05) is 29.2 Å². The highest BCUT2D eigenvalue weighted by Crippen LogP contribution is 2.23. The van der Waals surface area contributed by atoms with E-state index in [1.54, 1.807) is 6.07 Å². The van der Waals surface area contributed by atoms with Gasteiger partial charge in [-0.25, -0.2) is 4.39 Å². The van der Waals surface area contributed by atoms with Crippen molar-refractivity contribution in [3.05, 3.63) is 71.7 Å². The van der Waals surface area contributed by atoms with Gasteiger partial charge in [0.2, 0.25) is 0 Å². The van der Waals surface area contributed by atoms with Crippen LogP contribution in [0, 0.1) is 5.82 Å². The van der Waals surface area contributed by atoms with E-state index in [1.165, 1.54) is 68.8 Å². The van der Waals surface area contributed by atoms with Crippen LogP contribution in [0.5, 0.6) is 0 Å². The summed E-state index contributed by atoms with van der Waals surface area (Å²) in [6.07, 6.45) is 8.45. The number of nitrogens with zero attached hydrogens (tertiary/aromatic N) is 2. The summed E-state index contributed by atoms with van der Waals surface area (Å²) in [5, 5.41) is 4.88. The molecule has 0 unspecified atom stereocenters. The van der Waals surface area contributed by atoms with Crippen LogP contribution < -0.4 is 5.32 Å².